The van der Waals surface area contributed by atoms with Crippen LogP contribution < -0.4 is 0 Å². The lowest BCUT2D eigenvalue weighted by atomic mass is 9.81. The standard InChI is InChI=1S/C22H34O.C7H7F2N.C3H8.CH2O2.H2/c1-17-8-6-7-9-18(2)22(17)16-23-21-14-12-20(13-15-21)19-10-4-3-5-11-19;1-5-6(7(8)9)3-2-4-10-5;1-3-2;2-1-3;/h3-5,10-11,17-18,20-22H,6-9,12-16H2,1-2H3;2-4,7H,1H3;3H2,1-2H3;1H,(H,2,3);1H/t17-,18?,20?,21?,22?;;;;/m0..../s1. The molecule has 3 atom stereocenters. The Balaban J connectivity index is 0.000000746. The summed E-state index contributed by atoms with van der Waals surface area (Å²) in [4.78, 5) is 12.1. The second-order valence-corrected chi connectivity index (χ2v) is 10.9. The van der Waals surface area contributed by atoms with Crippen molar-refractivity contribution >= 4 is 6.47 Å². The molecule has 6 heteroatoms. The highest BCUT2D eigenvalue weighted by atomic mass is 19.3. The molecule has 2 saturated carbocycles. The number of halogens is 2. The van der Waals surface area contributed by atoms with Crippen LogP contribution in [-0.2, 0) is 9.53 Å². The molecule has 2 aromatic rings. The first-order valence-corrected chi connectivity index (χ1v) is 14.7. The van der Waals surface area contributed by atoms with E-state index in [9.17, 15) is 8.78 Å². The Labute approximate surface area is 237 Å². The molecule has 2 unspecified atom stereocenters. The minimum Gasteiger partial charge on any atom is -0.483 e. The SMILES string of the molecule is CC1CCCC[C@H](C)C1COC1CCC(c2ccccc2)CC1.CCC.Cc1ncccc1C(F)F.O=CO.[HH]. The number of hydrogen-bond donors (Lipinski definition) is 1. The van der Waals surface area contributed by atoms with Crippen molar-refractivity contribution in [3.8, 4) is 0 Å². The molecule has 0 bridgehead atoms. The third kappa shape index (κ3) is 13.5. The van der Waals surface area contributed by atoms with E-state index in [1.165, 1.54) is 81.7 Å². The lowest BCUT2D eigenvalue weighted by Crippen LogP contribution is -2.28. The van der Waals surface area contributed by atoms with Gasteiger partial charge in [-0.05, 0) is 74.0 Å². The van der Waals surface area contributed by atoms with Crippen molar-refractivity contribution in [3.05, 3.63) is 65.5 Å². The van der Waals surface area contributed by atoms with Crippen LogP contribution in [0.4, 0.5) is 8.78 Å². The number of carboxylic acid groups (broad SMARTS) is 1. The third-order valence-electron chi connectivity index (χ3n) is 7.78. The van der Waals surface area contributed by atoms with Gasteiger partial charge in [0.2, 0.25) is 0 Å². The monoisotopic (exact) mass is 549 g/mol. The van der Waals surface area contributed by atoms with Gasteiger partial charge in [-0.25, -0.2) is 8.78 Å². The maximum Gasteiger partial charge on any atom is 0.290 e. The molecule has 222 valence electrons. The Bertz CT molecular complexity index is 867. The van der Waals surface area contributed by atoms with Crippen molar-refractivity contribution in [2.45, 2.75) is 111 Å². The van der Waals surface area contributed by atoms with Crippen LogP contribution in [0, 0.1) is 24.7 Å². The number of hydrogen-bond acceptors (Lipinski definition) is 3. The summed E-state index contributed by atoms with van der Waals surface area (Å²) in [5.74, 6) is 3.22. The molecule has 1 aromatic heterocycles. The molecule has 2 aliphatic rings. The maximum absolute atomic E-state index is 12.0. The molecule has 0 saturated heterocycles. The van der Waals surface area contributed by atoms with Crippen molar-refractivity contribution in [2.24, 2.45) is 17.8 Å². The fraction of sp³-hybridized carbons (Fsp3) is 0.636. The zero-order valence-electron chi connectivity index (χ0n) is 24.7. The predicted molar refractivity (Wildman–Crippen MR) is 158 cm³/mol. The summed E-state index contributed by atoms with van der Waals surface area (Å²) in [7, 11) is 0. The molecular formula is C33H53F2NO3. The van der Waals surface area contributed by atoms with Crippen molar-refractivity contribution in [2.75, 3.05) is 6.61 Å². The van der Waals surface area contributed by atoms with Crippen LogP contribution in [-0.4, -0.2) is 29.3 Å². The number of carbonyl (C=O) groups is 1. The van der Waals surface area contributed by atoms with E-state index < -0.39 is 6.43 Å². The first-order valence-electron chi connectivity index (χ1n) is 14.7. The average molecular weight is 550 g/mol. The van der Waals surface area contributed by atoms with Crippen LogP contribution in [0.1, 0.15) is 116 Å². The van der Waals surface area contributed by atoms with E-state index in [1.54, 1.807) is 6.92 Å². The Morgan fingerprint density at radius 1 is 0.974 bits per heavy atom. The van der Waals surface area contributed by atoms with Crippen LogP contribution in [0.5, 0.6) is 0 Å². The number of nitrogens with zero attached hydrogens (tertiary/aromatic N) is 1. The van der Waals surface area contributed by atoms with E-state index in [2.05, 4.69) is 63.0 Å². The lowest BCUT2D eigenvalue weighted by Gasteiger charge is -2.32. The summed E-state index contributed by atoms with van der Waals surface area (Å²) in [5, 5.41) is 6.89. The number of aromatic nitrogens is 1. The molecule has 0 radical (unpaired) electrons. The van der Waals surface area contributed by atoms with Crippen LogP contribution in [0.25, 0.3) is 0 Å². The molecule has 0 spiro atoms. The molecule has 39 heavy (non-hydrogen) atoms. The quantitative estimate of drug-likeness (QED) is 0.298. The molecule has 2 fully saturated rings. The summed E-state index contributed by atoms with van der Waals surface area (Å²) < 4.78 is 30.4. The normalized spacial score (nSPS) is 24.5. The number of pyridine rings is 1. The Hall–Kier alpha value is -2.34. The van der Waals surface area contributed by atoms with Crippen LogP contribution in [0.2, 0.25) is 0 Å². The van der Waals surface area contributed by atoms with Gasteiger partial charge in [0.15, 0.2) is 0 Å². The van der Waals surface area contributed by atoms with Gasteiger partial charge in [0.25, 0.3) is 12.9 Å². The number of rotatable bonds is 5. The number of benzene rings is 1. The molecule has 2 aliphatic carbocycles. The first-order chi connectivity index (χ1) is 18.8. The van der Waals surface area contributed by atoms with E-state index in [0.717, 1.165) is 30.3 Å². The summed E-state index contributed by atoms with van der Waals surface area (Å²) >= 11 is 0. The Morgan fingerprint density at radius 2 is 1.51 bits per heavy atom. The first kappa shape index (κ1) is 34.7. The van der Waals surface area contributed by atoms with Gasteiger partial charge in [0.05, 0.1) is 12.7 Å². The van der Waals surface area contributed by atoms with Gasteiger partial charge < -0.3 is 9.84 Å². The second kappa shape index (κ2) is 20.5. The van der Waals surface area contributed by atoms with Crippen LogP contribution in [0.3, 0.4) is 0 Å². The molecular weight excluding hydrogens is 496 g/mol. The number of alkyl halides is 2. The Morgan fingerprint density at radius 3 is 1.97 bits per heavy atom. The zero-order chi connectivity index (χ0) is 29.0. The maximum atomic E-state index is 12.0. The highest BCUT2D eigenvalue weighted by Crippen LogP contribution is 2.36. The zero-order valence-corrected chi connectivity index (χ0v) is 24.7. The van der Waals surface area contributed by atoms with Crippen LogP contribution in [0.15, 0.2) is 48.7 Å². The van der Waals surface area contributed by atoms with E-state index in [1.807, 2.05) is 0 Å². The lowest BCUT2D eigenvalue weighted by molar-refractivity contribution is -0.122. The number of aryl methyl sites for hydroxylation is 1. The van der Waals surface area contributed by atoms with Gasteiger partial charge in [0, 0.05) is 18.9 Å². The van der Waals surface area contributed by atoms with Gasteiger partial charge in [0.1, 0.15) is 0 Å². The second-order valence-electron chi connectivity index (χ2n) is 10.9. The van der Waals surface area contributed by atoms with Crippen molar-refractivity contribution in [3.63, 3.8) is 0 Å². The van der Waals surface area contributed by atoms with Gasteiger partial charge in [-0.2, -0.15) is 0 Å². The predicted octanol–water partition coefficient (Wildman–Crippen LogP) is 9.88. The highest BCUT2D eigenvalue weighted by Gasteiger charge is 2.28. The summed E-state index contributed by atoms with van der Waals surface area (Å²) in [5.41, 5.74) is 1.94. The minimum atomic E-state index is -2.41. The smallest absolute Gasteiger partial charge is 0.290 e. The summed E-state index contributed by atoms with van der Waals surface area (Å²) in [6.07, 6.45) is 11.6. The summed E-state index contributed by atoms with van der Waals surface area (Å²) in [6, 6.07) is 13.9. The number of ether oxygens (including phenoxy) is 1. The van der Waals surface area contributed by atoms with Crippen molar-refractivity contribution < 1.29 is 24.8 Å². The molecule has 4 rings (SSSR count). The van der Waals surface area contributed by atoms with Gasteiger partial charge in [-0.3, -0.25) is 9.78 Å². The van der Waals surface area contributed by atoms with Crippen molar-refractivity contribution in [1.29, 1.82) is 0 Å². The Kier molecular flexibility index (Phi) is 18.3. The van der Waals surface area contributed by atoms with E-state index >= 15 is 0 Å². The average Bonchev–Trinajstić information content (AvgIpc) is 3.09. The van der Waals surface area contributed by atoms with Crippen molar-refractivity contribution in [1.82, 2.24) is 4.98 Å². The molecule has 1 N–H and O–H groups in total. The molecule has 0 amide bonds. The fourth-order valence-electron chi connectivity index (χ4n) is 5.51. The van der Waals surface area contributed by atoms with E-state index in [4.69, 9.17) is 14.6 Å². The topological polar surface area (TPSA) is 59.4 Å². The van der Waals surface area contributed by atoms with Crippen LogP contribution >= 0.6 is 0 Å². The largest absolute Gasteiger partial charge is 0.483 e. The fourth-order valence-corrected chi connectivity index (χ4v) is 5.51. The van der Waals surface area contributed by atoms with Gasteiger partial charge in [-0.15, -0.1) is 0 Å². The van der Waals surface area contributed by atoms with Gasteiger partial charge >= 0.3 is 0 Å². The third-order valence-corrected chi connectivity index (χ3v) is 7.78. The molecule has 0 aliphatic heterocycles. The summed E-state index contributed by atoms with van der Waals surface area (Å²) in [6.45, 7) is 11.5. The van der Waals surface area contributed by atoms with Gasteiger partial charge in [-0.1, -0.05) is 90.1 Å². The molecule has 1 heterocycles. The van der Waals surface area contributed by atoms with E-state index in [-0.39, 0.29) is 13.5 Å². The minimum absolute atomic E-state index is 0. The van der Waals surface area contributed by atoms with E-state index in [0.29, 0.717) is 11.8 Å². The highest BCUT2D eigenvalue weighted by molar-refractivity contribution is 5.32. The molecule has 1 aromatic carbocycles. The molecule has 4 nitrogen and oxygen atoms in total.